The molecule has 0 aromatic heterocycles. The number of carbonyl (C=O) groups is 1. The van der Waals surface area contributed by atoms with Crippen molar-refractivity contribution in [1.82, 2.24) is 14.7 Å². The Labute approximate surface area is 111 Å². The fraction of sp³-hybridized carbons (Fsp3) is 0.929. The summed E-state index contributed by atoms with van der Waals surface area (Å²) >= 11 is 0. The second kappa shape index (κ2) is 6.02. The zero-order valence-electron chi connectivity index (χ0n) is 12.1. The lowest BCUT2D eigenvalue weighted by Gasteiger charge is -2.35. The summed E-state index contributed by atoms with van der Waals surface area (Å²) in [5, 5.41) is 0. The third-order valence-corrected chi connectivity index (χ3v) is 4.43. The lowest BCUT2D eigenvalue weighted by molar-refractivity contribution is -0.136. The summed E-state index contributed by atoms with van der Waals surface area (Å²) in [6, 6.07) is 0.569. The molecule has 0 aromatic carbocycles. The molecule has 4 nitrogen and oxygen atoms in total. The summed E-state index contributed by atoms with van der Waals surface area (Å²) < 4.78 is 0. The van der Waals surface area contributed by atoms with Gasteiger partial charge in [0.05, 0.1) is 5.92 Å². The van der Waals surface area contributed by atoms with E-state index in [-0.39, 0.29) is 5.92 Å². The average Bonchev–Trinajstić information content (AvgIpc) is 2.88. The van der Waals surface area contributed by atoms with E-state index in [0.717, 1.165) is 52.2 Å². The maximum absolute atomic E-state index is 12.4. The molecule has 0 unspecified atom stereocenters. The molecule has 2 heterocycles. The molecule has 4 heteroatoms. The first-order valence-corrected chi connectivity index (χ1v) is 7.37. The van der Waals surface area contributed by atoms with E-state index >= 15 is 0 Å². The van der Waals surface area contributed by atoms with Crippen molar-refractivity contribution in [1.29, 1.82) is 0 Å². The number of likely N-dealkylation sites (tertiary alicyclic amines) is 1. The van der Waals surface area contributed by atoms with Gasteiger partial charge in [-0.3, -0.25) is 4.79 Å². The molecule has 2 aliphatic rings. The fourth-order valence-corrected chi connectivity index (χ4v) is 3.00. The Morgan fingerprint density at radius 3 is 2.33 bits per heavy atom. The van der Waals surface area contributed by atoms with Crippen molar-refractivity contribution in [2.75, 3.05) is 45.8 Å². The molecule has 2 fully saturated rings. The molecule has 0 aliphatic carbocycles. The second-order valence-corrected chi connectivity index (χ2v) is 5.83. The molecule has 1 atom stereocenters. The van der Waals surface area contributed by atoms with Crippen LogP contribution in [0.1, 0.15) is 27.2 Å². The zero-order valence-corrected chi connectivity index (χ0v) is 12.1. The minimum absolute atomic E-state index is 0.251. The van der Waals surface area contributed by atoms with Gasteiger partial charge in [-0.15, -0.1) is 0 Å². The number of amides is 1. The molecule has 2 rings (SSSR count). The standard InChI is InChI=1S/C14H27N3O/c1-4-15-7-9-16(10-8-15)14(18)13-5-6-17(11-13)12(2)3/h12-13H,4-11H2,1-3H3/t13-/m0/s1. The fourth-order valence-electron chi connectivity index (χ4n) is 3.00. The molecule has 0 saturated carbocycles. The average molecular weight is 253 g/mol. The highest BCUT2D eigenvalue weighted by Crippen LogP contribution is 2.21. The van der Waals surface area contributed by atoms with Gasteiger partial charge in [-0.05, 0) is 33.4 Å². The van der Waals surface area contributed by atoms with Crippen molar-refractivity contribution >= 4 is 5.91 Å². The summed E-state index contributed by atoms with van der Waals surface area (Å²) in [5.74, 6) is 0.648. The van der Waals surface area contributed by atoms with Gasteiger partial charge in [0.2, 0.25) is 5.91 Å². The van der Waals surface area contributed by atoms with Gasteiger partial charge in [0.1, 0.15) is 0 Å². The van der Waals surface area contributed by atoms with Gasteiger partial charge in [0.15, 0.2) is 0 Å². The number of piperazine rings is 1. The van der Waals surface area contributed by atoms with E-state index < -0.39 is 0 Å². The van der Waals surface area contributed by atoms with Crippen molar-refractivity contribution in [2.45, 2.75) is 33.2 Å². The molecular weight excluding hydrogens is 226 g/mol. The van der Waals surface area contributed by atoms with E-state index in [4.69, 9.17) is 0 Å². The maximum Gasteiger partial charge on any atom is 0.227 e. The van der Waals surface area contributed by atoms with E-state index in [1.807, 2.05) is 0 Å². The van der Waals surface area contributed by atoms with Crippen molar-refractivity contribution in [3.05, 3.63) is 0 Å². The molecule has 1 amide bonds. The van der Waals surface area contributed by atoms with Gasteiger partial charge >= 0.3 is 0 Å². The van der Waals surface area contributed by atoms with Crippen LogP contribution in [-0.4, -0.2) is 72.5 Å². The Morgan fingerprint density at radius 1 is 1.17 bits per heavy atom. The van der Waals surface area contributed by atoms with Crippen LogP contribution in [0.25, 0.3) is 0 Å². The summed E-state index contributed by atoms with van der Waals surface area (Å²) in [6.45, 7) is 13.7. The molecular formula is C14H27N3O. The third kappa shape index (κ3) is 3.04. The molecule has 0 radical (unpaired) electrons. The van der Waals surface area contributed by atoms with Crippen molar-refractivity contribution in [3.8, 4) is 0 Å². The number of carbonyl (C=O) groups excluding carboxylic acids is 1. The summed E-state index contributed by atoms with van der Waals surface area (Å²) in [5.41, 5.74) is 0. The van der Waals surface area contributed by atoms with E-state index in [1.54, 1.807) is 0 Å². The van der Waals surface area contributed by atoms with Crippen LogP contribution >= 0.6 is 0 Å². The predicted molar refractivity (Wildman–Crippen MR) is 73.5 cm³/mol. The molecule has 0 bridgehead atoms. The van der Waals surface area contributed by atoms with Crippen LogP contribution in [0, 0.1) is 5.92 Å². The highest BCUT2D eigenvalue weighted by Gasteiger charge is 2.33. The summed E-state index contributed by atoms with van der Waals surface area (Å²) in [7, 11) is 0. The van der Waals surface area contributed by atoms with Crippen LogP contribution in [0.5, 0.6) is 0 Å². The largest absolute Gasteiger partial charge is 0.340 e. The van der Waals surface area contributed by atoms with E-state index in [1.165, 1.54) is 0 Å². The molecule has 2 aliphatic heterocycles. The molecule has 2 saturated heterocycles. The monoisotopic (exact) mass is 253 g/mol. The Bertz CT molecular complexity index is 285. The Kier molecular flexibility index (Phi) is 4.62. The first-order chi connectivity index (χ1) is 8.61. The van der Waals surface area contributed by atoms with E-state index in [2.05, 4.69) is 35.5 Å². The number of rotatable bonds is 3. The Balaban J connectivity index is 1.82. The van der Waals surface area contributed by atoms with Crippen LogP contribution in [0.2, 0.25) is 0 Å². The normalized spacial score (nSPS) is 27.1. The molecule has 0 N–H and O–H groups in total. The first-order valence-electron chi connectivity index (χ1n) is 7.37. The van der Waals surface area contributed by atoms with E-state index in [9.17, 15) is 4.79 Å². The predicted octanol–water partition coefficient (Wildman–Crippen LogP) is 0.881. The number of nitrogens with zero attached hydrogens (tertiary/aromatic N) is 3. The number of hydrogen-bond donors (Lipinski definition) is 0. The minimum Gasteiger partial charge on any atom is -0.340 e. The van der Waals surface area contributed by atoms with Gasteiger partial charge in [-0.2, -0.15) is 0 Å². The lowest BCUT2D eigenvalue weighted by atomic mass is 10.1. The van der Waals surface area contributed by atoms with Crippen molar-refractivity contribution < 1.29 is 4.79 Å². The lowest BCUT2D eigenvalue weighted by Crippen LogP contribution is -2.50. The van der Waals surface area contributed by atoms with Gasteiger partial charge in [-0.1, -0.05) is 6.92 Å². The quantitative estimate of drug-likeness (QED) is 0.747. The second-order valence-electron chi connectivity index (χ2n) is 5.83. The van der Waals surface area contributed by atoms with E-state index in [0.29, 0.717) is 11.9 Å². The SMILES string of the molecule is CCN1CCN(C(=O)[C@H]2CCN(C(C)C)C2)CC1. The van der Waals surface area contributed by atoms with Crippen LogP contribution in [0.15, 0.2) is 0 Å². The topological polar surface area (TPSA) is 26.8 Å². The van der Waals surface area contributed by atoms with Crippen molar-refractivity contribution in [2.24, 2.45) is 5.92 Å². The van der Waals surface area contributed by atoms with Gasteiger partial charge < -0.3 is 14.7 Å². The number of likely N-dealkylation sites (N-methyl/N-ethyl adjacent to an activating group) is 1. The van der Waals surface area contributed by atoms with Crippen LogP contribution < -0.4 is 0 Å². The first kappa shape index (κ1) is 13.8. The minimum atomic E-state index is 0.251. The van der Waals surface area contributed by atoms with Crippen LogP contribution in [0.3, 0.4) is 0 Å². The van der Waals surface area contributed by atoms with Gasteiger partial charge in [0.25, 0.3) is 0 Å². The zero-order chi connectivity index (χ0) is 13.1. The molecule has 0 aromatic rings. The van der Waals surface area contributed by atoms with Crippen LogP contribution in [-0.2, 0) is 4.79 Å². The summed E-state index contributed by atoms with van der Waals surface area (Å²) in [4.78, 5) is 19.4. The Hall–Kier alpha value is -0.610. The van der Waals surface area contributed by atoms with Gasteiger partial charge in [-0.25, -0.2) is 0 Å². The smallest absolute Gasteiger partial charge is 0.227 e. The maximum atomic E-state index is 12.4. The molecule has 18 heavy (non-hydrogen) atoms. The summed E-state index contributed by atoms with van der Waals surface area (Å²) in [6.07, 6.45) is 1.05. The third-order valence-electron chi connectivity index (χ3n) is 4.43. The Morgan fingerprint density at radius 2 is 1.83 bits per heavy atom. The van der Waals surface area contributed by atoms with Gasteiger partial charge in [0, 0.05) is 38.8 Å². The van der Waals surface area contributed by atoms with Crippen LogP contribution in [0.4, 0.5) is 0 Å². The van der Waals surface area contributed by atoms with Crippen molar-refractivity contribution in [3.63, 3.8) is 0 Å². The molecule has 0 spiro atoms. The molecule has 104 valence electrons. The highest BCUT2D eigenvalue weighted by molar-refractivity contribution is 5.79. The number of hydrogen-bond acceptors (Lipinski definition) is 3. The highest BCUT2D eigenvalue weighted by atomic mass is 16.2.